The average Bonchev–Trinajstić information content (AvgIpc) is 3.32. The molecule has 0 atom stereocenters. The Bertz CT molecular complexity index is 965. The minimum absolute atomic E-state index is 0.0235. The van der Waals surface area contributed by atoms with Crippen LogP contribution in [0.15, 0.2) is 45.1 Å². The number of likely N-dealkylation sites (tertiary alicyclic amines) is 1. The zero-order valence-electron chi connectivity index (χ0n) is 13.4. The standard InChI is InChI=1S/C17H16N4O3S/c22-15(4-3-13-2-1-10-24-13)20-8-5-12(6-9-20)21-17(23)16-14(18-19-21)7-11-25-16/h1-4,7,10-12H,5-6,8-9H2/b4-3+. The molecule has 25 heavy (non-hydrogen) atoms. The first-order valence-corrected chi connectivity index (χ1v) is 8.93. The third-order valence-corrected chi connectivity index (χ3v) is 5.24. The van der Waals surface area contributed by atoms with Crippen LogP contribution < -0.4 is 5.56 Å². The van der Waals surface area contributed by atoms with Crippen molar-refractivity contribution in [3.63, 3.8) is 0 Å². The van der Waals surface area contributed by atoms with Crippen LogP contribution in [0.3, 0.4) is 0 Å². The number of amides is 1. The zero-order chi connectivity index (χ0) is 17.2. The van der Waals surface area contributed by atoms with Crippen molar-refractivity contribution in [1.29, 1.82) is 0 Å². The first-order chi connectivity index (χ1) is 12.2. The van der Waals surface area contributed by atoms with Gasteiger partial charge in [0.2, 0.25) is 5.91 Å². The fourth-order valence-electron chi connectivity index (χ4n) is 3.00. The molecule has 1 fully saturated rings. The molecule has 1 aliphatic heterocycles. The molecule has 0 aromatic carbocycles. The summed E-state index contributed by atoms with van der Waals surface area (Å²) in [4.78, 5) is 26.5. The van der Waals surface area contributed by atoms with Crippen LogP contribution in [0.5, 0.6) is 0 Å². The molecule has 0 radical (unpaired) electrons. The first kappa shape index (κ1) is 15.8. The predicted octanol–water partition coefficient (Wildman–Crippen LogP) is 2.32. The van der Waals surface area contributed by atoms with E-state index in [4.69, 9.17) is 4.42 Å². The molecule has 7 nitrogen and oxygen atoms in total. The summed E-state index contributed by atoms with van der Waals surface area (Å²) in [6, 6.07) is 5.34. The fourth-order valence-corrected chi connectivity index (χ4v) is 3.75. The Labute approximate surface area is 147 Å². The molecule has 3 aromatic rings. The Balaban J connectivity index is 1.43. The molecule has 1 amide bonds. The van der Waals surface area contributed by atoms with Gasteiger partial charge in [-0.25, -0.2) is 4.68 Å². The van der Waals surface area contributed by atoms with Gasteiger partial charge >= 0.3 is 0 Å². The normalized spacial score (nSPS) is 16.1. The molecule has 0 N–H and O–H groups in total. The molecule has 0 unspecified atom stereocenters. The lowest BCUT2D eigenvalue weighted by atomic mass is 10.1. The second-order valence-corrected chi connectivity index (χ2v) is 6.80. The van der Waals surface area contributed by atoms with E-state index in [9.17, 15) is 9.59 Å². The van der Waals surface area contributed by atoms with Gasteiger partial charge in [0, 0.05) is 19.2 Å². The van der Waals surface area contributed by atoms with Crippen LogP contribution in [0.1, 0.15) is 24.6 Å². The van der Waals surface area contributed by atoms with E-state index in [0.717, 1.165) is 0 Å². The summed E-state index contributed by atoms with van der Waals surface area (Å²) in [5.41, 5.74) is 0.546. The summed E-state index contributed by atoms with van der Waals surface area (Å²) in [7, 11) is 0. The smallest absolute Gasteiger partial charge is 0.287 e. The SMILES string of the molecule is O=C(/C=C/c1ccco1)N1CCC(n2nnc3ccsc3c2=O)CC1. The molecule has 8 heteroatoms. The number of hydrogen-bond donors (Lipinski definition) is 0. The van der Waals surface area contributed by atoms with E-state index in [0.29, 0.717) is 41.9 Å². The number of carbonyl (C=O) groups excluding carboxylic acids is 1. The molecule has 0 saturated carbocycles. The topological polar surface area (TPSA) is 81.2 Å². The largest absolute Gasteiger partial charge is 0.465 e. The van der Waals surface area contributed by atoms with Gasteiger partial charge in [-0.3, -0.25) is 9.59 Å². The van der Waals surface area contributed by atoms with Gasteiger partial charge in [-0.2, -0.15) is 0 Å². The van der Waals surface area contributed by atoms with E-state index >= 15 is 0 Å². The summed E-state index contributed by atoms with van der Waals surface area (Å²) in [5, 5.41) is 10.0. The van der Waals surface area contributed by atoms with Gasteiger partial charge < -0.3 is 9.32 Å². The summed E-state index contributed by atoms with van der Waals surface area (Å²) in [5.74, 6) is 0.594. The third kappa shape index (κ3) is 3.12. The number of hydrogen-bond acceptors (Lipinski definition) is 6. The number of aromatic nitrogens is 3. The van der Waals surface area contributed by atoms with Crippen molar-refractivity contribution >= 4 is 33.5 Å². The van der Waals surface area contributed by atoms with Crippen LogP contribution >= 0.6 is 11.3 Å². The lowest BCUT2D eigenvalue weighted by Gasteiger charge is -2.31. The molecule has 0 spiro atoms. The summed E-state index contributed by atoms with van der Waals surface area (Å²) >= 11 is 1.38. The molecule has 3 aromatic heterocycles. The van der Waals surface area contributed by atoms with Crippen LogP contribution in [0.2, 0.25) is 0 Å². The number of nitrogens with zero attached hydrogens (tertiary/aromatic N) is 4. The lowest BCUT2D eigenvalue weighted by Crippen LogP contribution is -2.40. The molecule has 4 rings (SSSR count). The van der Waals surface area contributed by atoms with Crippen molar-refractivity contribution in [2.75, 3.05) is 13.1 Å². The Hall–Kier alpha value is -2.74. The van der Waals surface area contributed by atoms with Gasteiger partial charge in [-0.1, -0.05) is 5.21 Å². The van der Waals surface area contributed by atoms with E-state index in [2.05, 4.69) is 10.3 Å². The number of fused-ring (bicyclic) bond motifs is 1. The molecule has 0 aliphatic carbocycles. The van der Waals surface area contributed by atoms with E-state index < -0.39 is 0 Å². The minimum Gasteiger partial charge on any atom is -0.465 e. The van der Waals surface area contributed by atoms with E-state index in [1.54, 1.807) is 35.4 Å². The zero-order valence-corrected chi connectivity index (χ0v) is 14.2. The molecular weight excluding hydrogens is 340 g/mol. The monoisotopic (exact) mass is 356 g/mol. The van der Waals surface area contributed by atoms with Crippen LogP contribution in [-0.4, -0.2) is 38.9 Å². The second kappa shape index (κ2) is 6.64. The maximum Gasteiger partial charge on any atom is 0.287 e. The third-order valence-electron chi connectivity index (χ3n) is 4.35. The second-order valence-electron chi connectivity index (χ2n) is 5.88. The maximum atomic E-state index is 12.5. The van der Waals surface area contributed by atoms with Crippen molar-refractivity contribution in [2.24, 2.45) is 0 Å². The Morgan fingerprint density at radius 1 is 1.32 bits per heavy atom. The first-order valence-electron chi connectivity index (χ1n) is 8.05. The number of furan rings is 1. The van der Waals surface area contributed by atoms with Crippen LogP contribution in [0.4, 0.5) is 0 Å². The van der Waals surface area contributed by atoms with Crippen molar-refractivity contribution in [3.05, 3.63) is 52.0 Å². The van der Waals surface area contributed by atoms with Crippen molar-refractivity contribution in [3.8, 4) is 0 Å². The number of piperidine rings is 1. The Morgan fingerprint density at radius 2 is 2.16 bits per heavy atom. The van der Waals surface area contributed by atoms with Gasteiger partial charge in [0.25, 0.3) is 5.56 Å². The van der Waals surface area contributed by atoms with Gasteiger partial charge in [0.15, 0.2) is 0 Å². The highest BCUT2D eigenvalue weighted by Gasteiger charge is 2.25. The number of thiophene rings is 1. The molecular formula is C17H16N4O3S. The number of rotatable bonds is 3. The van der Waals surface area contributed by atoms with E-state index in [1.165, 1.54) is 22.1 Å². The lowest BCUT2D eigenvalue weighted by molar-refractivity contribution is -0.127. The molecule has 0 bridgehead atoms. The molecule has 4 heterocycles. The Kier molecular flexibility index (Phi) is 4.19. The molecule has 128 valence electrons. The molecule has 1 aliphatic rings. The fraction of sp³-hybridized carbons (Fsp3) is 0.294. The van der Waals surface area contributed by atoms with Crippen molar-refractivity contribution in [2.45, 2.75) is 18.9 Å². The summed E-state index contributed by atoms with van der Waals surface area (Å²) < 4.78 is 7.28. The van der Waals surface area contributed by atoms with Crippen LogP contribution in [-0.2, 0) is 4.79 Å². The van der Waals surface area contributed by atoms with Crippen LogP contribution in [0.25, 0.3) is 16.3 Å². The minimum atomic E-state index is -0.0949. The van der Waals surface area contributed by atoms with Crippen LogP contribution in [0, 0.1) is 0 Å². The summed E-state index contributed by atoms with van der Waals surface area (Å²) in [6.07, 6.45) is 6.12. The van der Waals surface area contributed by atoms with E-state index in [-0.39, 0.29) is 17.5 Å². The maximum absolute atomic E-state index is 12.5. The highest BCUT2D eigenvalue weighted by Crippen LogP contribution is 2.22. The van der Waals surface area contributed by atoms with Gasteiger partial charge in [-0.15, -0.1) is 16.4 Å². The Morgan fingerprint density at radius 3 is 2.92 bits per heavy atom. The van der Waals surface area contributed by atoms with Gasteiger partial charge in [-0.05, 0) is 42.5 Å². The van der Waals surface area contributed by atoms with Gasteiger partial charge in [0.05, 0.1) is 12.3 Å². The average molecular weight is 356 g/mol. The van der Waals surface area contributed by atoms with Gasteiger partial charge in [0.1, 0.15) is 16.0 Å². The van der Waals surface area contributed by atoms with E-state index in [1.807, 2.05) is 5.38 Å². The highest BCUT2D eigenvalue weighted by molar-refractivity contribution is 7.17. The molecule has 1 saturated heterocycles. The van der Waals surface area contributed by atoms with Crippen molar-refractivity contribution in [1.82, 2.24) is 19.9 Å². The number of carbonyl (C=O) groups is 1. The van der Waals surface area contributed by atoms with Crippen molar-refractivity contribution < 1.29 is 9.21 Å². The quantitative estimate of drug-likeness (QED) is 0.673. The highest BCUT2D eigenvalue weighted by atomic mass is 32.1. The predicted molar refractivity (Wildman–Crippen MR) is 94.3 cm³/mol. The summed E-state index contributed by atoms with van der Waals surface area (Å²) in [6.45, 7) is 1.17.